The van der Waals surface area contributed by atoms with Crippen molar-refractivity contribution in [1.82, 2.24) is 14.5 Å². The van der Waals surface area contributed by atoms with Gasteiger partial charge in [0.25, 0.3) is 0 Å². The summed E-state index contributed by atoms with van der Waals surface area (Å²) in [7, 11) is 3.08. The molecule has 3 rings (SSSR count). The molecule has 0 unspecified atom stereocenters. The molecule has 7 heteroatoms. The molecule has 0 aliphatic carbocycles. The smallest absolute Gasteiger partial charge is 0.147 e. The van der Waals surface area contributed by atoms with Gasteiger partial charge in [0.2, 0.25) is 0 Å². The van der Waals surface area contributed by atoms with E-state index in [1.165, 1.54) is 13.2 Å². The molecule has 0 atom stereocenters. The Morgan fingerprint density at radius 2 is 1.92 bits per heavy atom. The van der Waals surface area contributed by atoms with Gasteiger partial charge in [-0.15, -0.1) is 0 Å². The first kappa shape index (κ1) is 15.7. The summed E-state index contributed by atoms with van der Waals surface area (Å²) in [5.41, 5.74) is 8.73. The van der Waals surface area contributed by atoms with E-state index in [2.05, 4.69) is 9.97 Å². The quantitative estimate of drug-likeness (QED) is 0.565. The number of aromatic nitrogens is 3. The highest BCUT2D eigenvalue weighted by Gasteiger charge is 2.16. The number of pyridine rings is 1. The molecule has 0 saturated carbocycles. The number of rotatable bonds is 4. The normalized spacial score (nSPS) is 10.6. The highest BCUT2D eigenvalue weighted by molar-refractivity contribution is 5.72. The molecule has 24 heavy (non-hydrogen) atoms. The maximum absolute atomic E-state index is 9.96. The van der Waals surface area contributed by atoms with Crippen molar-refractivity contribution in [2.45, 2.75) is 6.92 Å². The number of nitrogen functional groups attached to an aromatic ring is 1. The van der Waals surface area contributed by atoms with E-state index in [0.717, 1.165) is 11.3 Å². The lowest BCUT2D eigenvalue weighted by Crippen LogP contribution is -2.03. The average Bonchev–Trinajstić information content (AvgIpc) is 2.98. The summed E-state index contributed by atoms with van der Waals surface area (Å²) in [6.07, 6.45) is 5.14. The molecule has 0 spiro atoms. The van der Waals surface area contributed by atoms with Crippen LogP contribution in [-0.4, -0.2) is 33.9 Å². The van der Waals surface area contributed by atoms with Gasteiger partial charge in [0.15, 0.2) is 0 Å². The molecule has 0 aliphatic rings. The number of phenolic OH excluding ortho intramolecular Hbond substituents is 1. The predicted molar refractivity (Wildman–Crippen MR) is 90.7 cm³/mol. The number of phenols is 1. The van der Waals surface area contributed by atoms with E-state index >= 15 is 0 Å². The molecule has 0 bridgehead atoms. The van der Waals surface area contributed by atoms with Crippen LogP contribution in [0.2, 0.25) is 0 Å². The van der Waals surface area contributed by atoms with Crippen LogP contribution in [-0.2, 0) is 0 Å². The summed E-state index contributed by atoms with van der Waals surface area (Å²) < 4.78 is 12.2. The van der Waals surface area contributed by atoms with Crippen LogP contribution < -0.4 is 15.2 Å². The van der Waals surface area contributed by atoms with Crippen molar-refractivity contribution in [2.24, 2.45) is 0 Å². The minimum absolute atomic E-state index is 0.0529. The van der Waals surface area contributed by atoms with Crippen LogP contribution in [0.4, 0.5) is 5.69 Å². The van der Waals surface area contributed by atoms with Crippen molar-refractivity contribution in [1.29, 1.82) is 0 Å². The second-order valence-electron chi connectivity index (χ2n) is 5.27. The topological polar surface area (TPSA) is 95.4 Å². The number of hydrogen-bond acceptors (Lipinski definition) is 6. The zero-order valence-electron chi connectivity index (χ0n) is 13.6. The summed E-state index contributed by atoms with van der Waals surface area (Å²) in [4.78, 5) is 8.71. The van der Waals surface area contributed by atoms with Crippen LogP contribution in [0.3, 0.4) is 0 Å². The lowest BCUT2D eigenvalue weighted by Gasteiger charge is -2.14. The maximum Gasteiger partial charge on any atom is 0.147 e. The SMILES string of the molecule is COc1cncc(-c2nc(C)cn2-c2cc(O)cc(OC)c2N)c1. The molecular weight excluding hydrogens is 308 g/mol. The molecule has 0 amide bonds. The molecule has 0 radical (unpaired) electrons. The first-order valence-corrected chi connectivity index (χ1v) is 7.25. The Kier molecular flexibility index (Phi) is 3.99. The van der Waals surface area contributed by atoms with Crippen molar-refractivity contribution in [2.75, 3.05) is 20.0 Å². The molecule has 7 nitrogen and oxygen atoms in total. The standard InChI is InChI=1S/C17H18N4O3/c1-10-9-21(14-5-12(22)6-15(24-3)16(14)18)17(20-10)11-4-13(23-2)8-19-7-11/h4-9,22H,18H2,1-3H3. The molecule has 3 aromatic rings. The van der Waals surface area contributed by atoms with Crippen LogP contribution in [0.25, 0.3) is 17.1 Å². The van der Waals surface area contributed by atoms with Gasteiger partial charge in [0.1, 0.15) is 23.1 Å². The first-order valence-electron chi connectivity index (χ1n) is 7.25. The Morgan fingerprint density at radius 1 is 1.12 bits per heavy atom. The average molecular weight is 326 g/mol. The number of aryl methyl sites for hydroxylation is 1. The van der Waals surface area contributed by atoms with E-state index in [4.69, 9.17) is 15.2 Å². The second-order valence-corrected chi connectivity index (χ2v) is 5.27. The Hall–Kier alpha value is -3.22. The summed E-state index contributed by atoms with van der Waals surface area (Å²) in [6, 6.07) is 4.87. The summed E-state index contributed by atoms with van der Waals surface area (Å²) in [5.74, 6) is 1.71. The third-order valence-electron chi connectivity index (χ3n) is 3.62. The molecule has 3 N–H and O–H groups in total. The molecule has 0 saturated heterocycles. The Morgan fingerprint density at radius 3 is 2.62 bits per heavy atom. The van der Waals surface area contributed by atoms with Crippen LogP contribution in [0, 0.1) is 6.92 Å². The van der Waals surface area contributed by atoms with Crippen LogP contribution in [0.15, 0.2) is 36.8 Å². The van der Waals surface area contributed by atoms with E-state index in [-0.39, 0.29) is 5.75 Å². The van der Waals surface area contributed by atoms with Gasteiger partial charge in [-0.2, -0.15) is 0 Å². The van der Waals surface area contributed by atoms with E-state index < -0.39 is 0 Å². The third kappa shape index (κ3) is 2.71. The van der Waals surface area contributed by atoms with Crippen LogP contribution in [0.5, 0.6) is 17.2 Å². The zero-order chi connectivity index (χ0) is 17.3. The van der Waals surface area contributed by atoms with Crippen molar-refractivity contribution >= 4 is 5.69 Å². The maximum atomic E-state index is 9.96. The van der Waals surface area contributed by atoms with Gasteiger partial charge >= 0.3 is 0 Å². The minimum Gasteiger partial charge on any atom is -0.508 e. The van der Waals surface area contributed by atoms with Gasteiger partial charge in [0, 0.05) is 30.1 Å². The number of aromatic hydroxyl groups is 1. The minimum atomic E-state index is 0.0529. The van der Waals surface area contributed by atoms with Crippen LogP contribution >= 0.6 is 0 Å². The number of methoxy groups -OCH3 is 2. The van der Waals surface area contributed by atoms with Crippen LogP contribution in [0.1, 0.15) is 5.69 Å². The van der Waals surface area contributed by atoms with E-state index in [1.54, 1.807) is 30.1 Å². The second kappa shape index (κ2) is 6.11. The predicted octanol–water partition coefficient (Wildman–Crippen LogP) is 2.55. The van der Waals surface area contributed by atoms with Gasteiger partial charge < -0.3 is 20.3 Å². The highest BCUT2D eigenvalue weighted by atomic mass is 16.5. The van der Waals surface area contributed by atoms with Crippen molar-refractivity contribution in [3.05, 3.63) is 42.5 Å². The Labute approximate surface area is 139 Å². The molecule has 2 heterocycles. The lowest BCUT2D eigenvalue weighted by atomic mass is 10.2. The van der Waals surface area contributed by atoms with E-state index in [9.17, 15) is 5.11 Å². The van der Waals surface area contributed by atoms with Gasteiger partial charge in [-0.25, -0.2) is 4.98 Å². The fourth-order valence-corrected chi connectivity index (χ4v) is 2.50. The third-order valence-corrected chi connectivity index (χ3v) is 3.62. The Bertz CT molecular complexity index is 890. The Balaban J connectivity index is 2.22. The van der Waals surface area contributed by atoms with Gasteiger partial charge in [0.05, 0.1) is 37.5 Å². The summed E-state index contributed by atoms with van der Waals surface area (Å²) in [6.45, 7) is 1.88. The number of nitrogens with zero attached hydrogens (tertiary/aromatic N) is 3. The number of hydrogen-bond donors (Lipinski definition) is 2. The van der Waals surface area contributed by atoms with Gasteiger partial charge in [-0.05, 0) is 13.0 Å². The molecule has 0 aliphatic heterocycles. The van der Waals surface area contributed by atoms with Gasteiger partial charge in [-0.1, -0.05) is 0 Å². The first-order chi connectivity index (χ1) is 11.5. The van der Waals surface area contributed by atoms with Crippen molar-refractivity contribution in [3.8, 4) is 34.3 Å². The molecule has 124 valence electrons. The molecule has 0 fully saturated rings. The fourth-order valence-electron chi connectivity index (χ4n) is 2.50. The highest BCUT2D eigenvalue weighted by Crippen LogP contribution is 2.35. The number of imidazole rings is 1. The number of ether oxygens (including phenoxy) is 2. The lowest BCUT2D eigenvalue weighted by molar-refractivity contribution is 0.409. The summed E-state index contributed by atoms with van der Waals surface area (Å²) in [5, 5.41) is 9.96. The van der Waals surface area contributed by atoms with E-state index in [1.807, 2.05) is 19.2 Å². The van der Waals surface area contributed by atoms with Crippen molar-refractivity contribution in [3.63, 3.8) is 0 Å². The number of benzene rings is 1. The van der Waals surface area contributed by atoms with Crippen molar-refractivity contribution < 1.29 is 14.6 Å². The zero-order valence-corrected chi connectivity index (χ0v) is 13.6. The molecule has 1 aromatic carbocycles. The van der Waals surface area contributed by atoms with E-state index in [0.29, 0.717) is 28.7 Å². The molecule has 2 aromatic heterocycles. The van der Waals surface area contributed by atoms with Gasteiger partial charge in [-0.3, -0.25) is 9.55 Å². The fraction of sp³-hybridized carbons (Fsp3) is 0.176. The molecular formula is C17H18N4O3. The summed E-state index contributed by atoms with van der Waals surface area (Å²) >= 11 is 0. The number of nitrogens with two attached hydrogens (primary N) is 1. The number of anilines is 1. The largest absolute Gasteiger partial charge is 0.508 e. The monoisotopic (exact) mass is 326 g/mol.